The van der Waals surface area contributed by atoms with Crippen molar-refractivity contribution in [1.29, 1.82) is 0 Å². The predicted molar refractivity (Wildman–Crippen MR) is 111 cm³/mol. The van der Waals surface area contributed by atoms with E-state index in [1.54, 1.807) is 0 Å². The van der Waals surface area contributed by atoms with E-state index in [0.29, 0.717) is 30.3 Å². The molecule has 5 nitrogen and oxygen atoms in total. The number of benzene rings is 2. The van der Waals surface area contributed by atoms with Crippen LogP contribution >= 0.6 is 0 Å². The third-order valence-electron chi connectivity index (χ3n) is 8.12. The van der Waals surface area contributed by atoms with Gasteiger partial charge < -0.3 is 14.7 Å². The maximum Gasteiger partial charge on any atom is 0.409 e. The number of hydrogen-bond acceptors (Lipinski definition) is 3. The molecule has 0 spiro atoms. The number of carbonyl (C=O) groups is 2. The average Bonchev–Trinajstić information content (AvgIpc) is 3.41. The third-order valence-corrected chi connectivity index (χ3v) is 8.12. The fourth-order valence-corrected chi connectivity index (χ4v) is 6.74. The highest BCUT2D eigenvalue weighted by Gasteiger charge is 2.60. The first kappa shape index (κ1) is 18.0. The van der Waals surface area contributed by atoms with Crippen molar-refractivity contribution in [3.8, 4) is 11.1 Å². The fourth-order valence-electron chi connectivity index (χ4n) is 6.74. The second-order valence-corrected chi connectivity index (χ2v) is 9.37. The molecule has 30 heavy (non-hydrogen) atoms. The molecule has 1 unspecified atom stereocenters. The van der Waals surface area contributed by atoms with E-state index in [1.807, 2.05) is 17.0 Å². The number of amides is 1. The van der Waals surface area contributed by atoms with Crippen molar-refractivity contribution in [2.45, 2.75) is 18.8 Å². The molecule has 3 fully saturated rings. The topological polar surface area (TPSA) is 66.8 Å². The number of nitrogens with zero attached hydrogens (tertiary/aromatic N) is 1. The normalized spacial score (nSPS) is 30.8. The Hall–Kier alpha value is -2.82. The van der Waals surface area contributed by atoms with Gasteiger partial charge in [-0.25, -0.2) is 4.79 Å². The molecule has 154 valence electrons. The van der Waals surface area contributed by atoms with E-state index in [9.17, 15) is 14.7 Å². The van der Waals surface area contributed by atoms with Crippen LogP contribution in [0.4, 0.5) is 4.79 Å². The Bertz CT molecular complexity index is 968. The molecule has 5 atom stereocenters. The summed E-state index contributed by atoms with van der Waals surface area (Å²) in [5, 5.41) is 9.31. The molecule has 0 bridgehead atoms. The summed E-state index contributed by atoms with van der Waals surface area (Å²) in [5.41, 5.74) is 4.91. The van der Waals surface area contributed by atoms with Gasteiger partial charge in [0, 0.05) is 19.0 Å². The zero-order chi connectivity index (χ0) is 20.4. The third kappa shape index (κ3) is 2.54. The van der Waals surface area contributed by atoms with Crippen LogP contribution < -0.4 is 0 Å². The quantitative estimate of drug-likeness (QED) is 0.833. The number of ether oxygens (including phenoxy) is 1. The van der Waals surface area contributed by atoms with E-state index in [2.05, 4.69) is 36.4 Å². The van der Waals surface area contributed by atoms with Gasteiger partial charge in [0.2, 0.25) is 0 Å². The first-order chi connectivity index (χ1) is 14.6. The monoisotopic (exact) mass is 403 g/mol. The molecule has 1 amide bonds. The summed E-state index contributed by atoms with van der Waals surface area (Å²) in [6.45, 7) is 1.79. The molecule has 4 aliphatic rings. The van der Waals surface area contributed by atoms with Gasteiger partial charge in [0.05, 0.1) is 5.92 Å². The standard InChI is InChI=1S/C25H25NO4/c27-24(28)14-9-19-20(10-14)22-12-26(11-21(19)22)25(29)30-13-23-17-7-3-1-5-15(17)16-6-2-4-8-18(16)23/h1-8,14,19-23H,9-13H2,(H,27,28)/t14?,19-,20+,21+,22-. The summed E-state index contributed by atoms with van der Waals surface area (Å²) in [4.78, 5) is 26.0. The van der Waals surface area contributed by atoms with Crippen LogP contribution in [0.15, 0.2) is 48.5 Å². The molecular weight excluding hydrogens is 378 g/mol. The number of hydrogen-bond donors (Lipinski definition) is 1. The first-order valence-corrected chi connectivity index (χ1v) is 10.9. The minimum absolute atomic E-state index is 0.0800. The number of carbonyl (C=O) groups excluding carboxylic acids is 1. The van der Waals surface area contributed by atoms with Crippen molar-refractivity contribution in [3.63, 3.8) is 0 Å². The SMILES string of the molecule is O=C(O)C1C[C@@H]2[C@H](C1)[C@H]1CN(C(=O)OCC3c4ccccc4-c4ccccc43)C[C@@H]21. The second-order valence-electron chi connectivity index (χ2n) is 9.37. The Morgan fingerprint density at radius 2 is 1.40 bits per heavy atom. The number of aliphatic carboxylic acids is 1. The van der Waals surface area contributed by atoms with Gasteiger partial charge in [0.25, 0.3) is 0 Å². The van der Waals surface area contributed by atoms with Gasteiger partial charge in [-0.2, -0.15) is 0 Å². The Morgan fingerprint density at radius 1 is 0.867 bits per heavy atom. The van der Waals surface area contributed by atoms with E-state index < -0.39 is 5.97 Å². The highest BCUT2D eigenvalue weighted by molar-refractivity contribution is 5.79. The number of fused-ring (bicyclic) bond motifs is 7. The molecule has 2 aromatic carbocycles. The number of likely N-dealkylation sites (tertiary alicyclic amines) is 1. The molecule has 3 aliphatic carbocycles. The highest BCUT2D eigenvalue weighted by atomic mass is 16.6. The lowest BCUT2D eigenvalue weighted by molar-refractivity contribution is -0.141. The Balaban J connectivity index is 1.12. The van der Waals surface area contributed by atoms with Crippen LogP contribution in [0.1, 0.15) is 29.9 Å². The summed E-state index contributed by atoms with van der Waals surface area (Å²) in [7, 11) is 0. The van der Waals surface area contributed by atoms with Gasteiger partial charge in [0.1, 0.15) is 6.61 Å². The van der Waals surface area contributed by atoms with Crippen molar-refractivity contribution in [1.82, 2.24) is 4.90 Å². The van der Waals surface area contributed by atoms with Crippen molar-refractivity contribution < 1.29 is 19.4 Å². The van der Waals surface area contributed by atoms with Crippen LogP contribution in [0.2, 0.25) is 0 Å². The number of rotatable bonds is 3. The van der Waals surface area contributed by atoms with Gasteiger partial charge in [0.15, 0.2) is 0 Å². The van der Waals surface area contributed by atoms with Gasteiger partial charge >= 0.3 is 12.1 Å². The molecule has 6 rings (SSSR count). The molecule has 5 heteroatoms. The molecule has 2 aromatic rings. The summed E-state index contributed by atoms with van der Waals surface area (Å²) in [6, 6.07) is 16.7. The lowest BCUT2D eigenvalue weighted by Crippen LogP contribution is -2.42. The molecular formula is C25H25NO4. The largest absolute Gasteiger partial charge is 0.481 e. The Kier molecular flexibility index (Phi) is 3.95. The second kappa shape index (κ2) is 6.59. The summed E-state index contributed by atoms with van der Waals surface area (Å²) in [6.07, 6.45) is 1.33. The Labute approximate surface area is 175 Å². The molecule has 1 saturated heterocycles. The van der Waals surface area contributed by atoms with Crippen LogP contribution in [0.25, 0.3) is 11.1 Å². The Morgan fingerprint density at radius 3 is 1.93 bits per heavy atom. The van der Waals surface area contributed by atoms with Gasteiger partial charge in [-0.05, 0) is 58.8 Å². The minimum Gasteiger partial charge on any atom is -0.481 e. The van der Waals surface area contributed by atoms with E-state index >= 15 is 0 Å². The lowest BCUT2D eigenvalue weighted by atomic mass is 9.60. The zero-order valence-electron chi connectivity index (χ0n) is 16.7. The average molecular weight is 403 g/mol. The summed E-state index contributed by atoms with van der Waals surface area (Å²) < 4.78 is 5.82. The number of carboxylic acid groups (broad SMARTS) is 1. The van der Waals surface area contributed by atoms with Gasteiger partial charge in [-0.3, -0.25) is 4.79 Å². The van der Waals surface area contributed by atoms with Crippen molar-refractivity contribution in [2.75, 3.05) is 19.7 Å². The van der Waals surface area contributed by atoms with E-state index in [4.69, 9.17) is 4.74 Å². The smallest absolute Gasteiger partial charge is 0.409 e. The number of carboxylic acids is 1. The van der Waals surface area contributed by atoms with Crippen LogP contribution in [0.5, 0.6) is 0 Å². The van der Waals surface area contributed by atoms with Crippen LogP contribution in [0.3, 0.4) is 0 Å². The van der Waals surface area contributed by atoms with Crippen molar-refractivity contribution >= 4 is 12.1 Å². The van der Waals surface area contributed by atoms with E-state index in [-0.39, 0.29) is 17.9 Å². The summed E-state index contributed by atoms with van der Waals surface area (Å²) >= 11 is 0. The van der Waals surface area contributed by atoms with Crippen LogP contribution in [-0.4, -0.2) is 41.8 Å². The highest BCUT2D eigenvalue weighted by Crippen LogP contribution is 2.60. The maximum atomic E-state index is 12.8. The summed E-state index contributed by atoms with van der Waals surface area (Å²) in [5.74, 6) is 1.10. The predicted octanol–water partition coefficient (Wildman–Crippen LogP) is 4.22. The molecule has 1 aliphatic heterocycles. The lowest BCUT2D eigenvalue weighted by Gasteiger charge is -2.43. The zero-order valence-corrected chi connectivity index (χ0v) is 16.7. The van der Waals surface area contributed by atoms with E-state index in [1.165, 1.54) is 22.3 Å². The van der Waals surface area contributed by atoms with Crippen LogP contribution in [0, 0.1) is 29.6 Å². The first-order valence-electron chi connectivity index (χ1n) is 10.9. The molecule has 1 heterocycles. The molecule has 0 aromatic heterocycles. The maximum absolute atomic E-state index is 12.8. The molecule has 2 saturated carbocycles. The van der Waals surface area contributed by atoms with E-state index in [0.717, 1.165) is 25.9 Å². The van der Waals surface area contributed by atoms with Gasteiger partial charge in [-0.15, -0.1) is 0 Å². The minimum atomic E-state index is -0.657. The van der Waals surface area contributed by atoms with Crippen molar-refractivity contribution in [2.24, 2.45) is 29.6 Å². The fraction of sp³-hybridized carbons (Fsp3) is 0.440. The van der Waals surface area contributed by atoms with Crippen LogP contribution in [-0.2, 0) is 9.53 Å². The molecule has 1 N–H and O–H groups in total. The van der Waals surface area contributed by atoms with Crippen molar-refractivity contribution in [3.05, 3.63) is 59.7 Å². The molecule has 0 radical (unpaired) electrons. The van der Waals surface area contributed by atoms with Gasteiger partial charge in [-0.1, -0.05) is 48.5 Å².